The third-order valence-electron chi connectivity index (χ3n) is 1.85. The van der Waals surface area contributed by atoms with Gasteiger partial charge in [0.15, 0.2) is 0 Å². The van der Waals surface area contributed by atoms with Gasteiger partial charge in [-0.3, -0.25) is 4.98 Å². The number of hydrogen-bond donors (Lipinski definition) is 1. The highest BCUT2D eigenvalue weighted by atomic mass is 32.1. The molecule has 0 aliphatic heterocycles. The van der Waals surface area contributed by atoms with E-state index >= 15 is 0 Å². The Morgan fingerprint density at radius 3 is 2.77 bits per heavy atom. The zero-order valence-corrected chi connectivity index (χ0v) is 8.01. The van der Waals surface area contributed by atoms with Gasteiger partial charge in [-0.05, 0) is 18.6 Å². The standard InChI is InChI=1S/C9H9N3S/c1-6-2-8(11-3-7(6)10)9-4-13-5-12-9/h2-5H,10H2,1H3. The minimum Gasteiger partial charge on any atom is -0.397 e. The van der Waals surface area contributed by atoms with Crippen molar-refractivity contribution >= 4 is 17.0 Å². The van der Waals surface area contributed by atoms with E-state index in [0.717, 1.165) is 22.6 Å². The first-order valence-corrected chi connectivity index (χ1v) is 4.82. The van der Waals surface area contributed by atoms with Crippen LogP contribution in [-0.4, -0.2) is 9.97 Å². The summed E-state index contributed by atoms with van der Waals surface area (Å²) in [4.78, 5) is 8.37. The summed E-state index contributed by atoms with van der Waals surface area (Å²) >= 11 is 1.56. The lowest BCUT2D eigenvalue weighted by molar-refractivity contribution is 1.26. The van der Waals surface area contributed by atoms with Crippen LogP contribution in [-0.2, 0) is 0 Å². The first-order chi connectivity index (χ1) is 6.27. The number of pyridine rings is 1. The molecule has 4 heteroatoms. The Morgan fingerprint density at radius 1 is 1.31 bits per heavy atom. The first kappa shape index (κ1) is 8.19. The van der Waals surface area contributed by atoms with Gasteiger partial charge in [-0.2, -0.15) is 0 Å². The smallest absolute Gasteiger partial charge is 0.0995 e. The van der Waals surface area contributed by atoms with Crippen LogP contribution in [0.15, 0.2) is 23.2 Å². The zero-order valence-electron chi connectivity index (χ0n) is 7.19. The van der Waals surface area contributed by atoms with Crippen LogP contribution in [0.4, 0.5) is 5.69 Å². The molecule has 2 N–H and O–H groups in total. The van der Waals surface area contributed by atoms with Crippen molar-refractivity contribution in [3.63, 3.8) is 0 Å². The van der Waals surface area contributed by atoms with Gasteiger partial charge in [-0.25, -0.2) is 4.98 Å². The Hall–Kier alpha value is -1.42. The third kappa shape index (κ3) is 1.53. The van der Waals surface area contributed by atoms with Crippen LogP contribution in [0.1, 0.15) is 5.56 Å². The molecule has 2 rings (SSSR count). The lowest BCUT2D eigenvalue weighted by atomic mass is 10.2. The number of nitrogens with two attached hydrogens (primary N) is 1. The van der Waals surface area contributed by atoms with Crippen LogP contribution in [0.3, 0.4) is 0 Å². The number of aryl methyl sites for hydroxylation is 1. The van der Waals surface area contributed by atoms with Crippen molar-refractivity contribution in [1.82, 2.24) is 9.97 Å². The van der Waals surface area contributed by atoms with Gasteiger partial charge in [0.2, 0.25) is 0 Å². The second kappa shape index (κ2) is 3.14. The topological polar surface area (TPSA) is 51.8 Å². The van der Waals surface area contributed by atoms with Crippen molar-refractivity contribution < 1.29 is 0 Å². The van der Waals surface area contributed by atoms with Crippen molar-refractivity contribution in [3.8, 4) is 11.4 Å². The molecule has 0 atom stereocenters. The van der Waals surface area contributed by atoms with E-state index in [2.05, 4.69) is 9.97 Å². The molecule has 66 valence electrons. The summed E-state index contributed by atoms with van der Waals surface area (Å²) in [6, 6.07) is 1.95. The molecule has 0 saturated heterocycles. The van der Waals surface area contributed by atoms with E-state index in [-0.39, 0.29) is 0 Å². The molecule has 0 aliphatic rings. The normalized spacial score (nSPS) is 10.2. The molecule has 3 nitrogen and oxygen atoms in total. The lowest BCUT2D eigenvalue weighted by Crippen LogP contribution is -1.92. The second-order valence-electron chi connectivity index (χ2n) is 2.80. The molecule has 0 aromatic carbocycles. The minimum atomic E-state index is 0.721. The maximum atomic E-state index is 5.66. The number of thiazole rings is 1. The van der Waals surface area contributed by atoms with Gasteiger partial charge in [0.1, 0.15) is 0 Å². The number of rotatable bonds is 1. The van der Waals surface area contributed by atoms with E-state index in [1.54, 1.807) is 23.0 Å². The average molecular weight is 191 g/mol. The molecule has 2 heterocycles. The van der Waals surface area contributed by atoms with Gasteiger partial charge in [-0.1, -0.05) is 0 Å². The summed E-state index contributed by atoms with van der Waals surface area (Å²) in [5.74, 6) is 0. The number of hydrogen-bond acceptors (Lipinski definition) is 4. The first-order valence-electron chi connectivity index (χ1n) is 3.88. The number of nitrogen functional groups attached to an aromatic ring is 1. The Morgan fingerprint density at radius 2 is 2.15 bits per heavy atom. The van der Waals surface area contributed by atoms with E-state index in [0.29, 0.717) is 0 Å². The summed E-state index contributed by atoms with van der Waals surface area (Å²) in [5.41, 5.74) is 11.0. The molecular formula is C9H9N3S. The molecule has 0 amide bonds. The van der Waals surface area contributed by atoms with E-state index in [9.17, 15) is 0 Å². The van der Waals surface area contributed by atoms with Crippen molar-refractivity contribution in [3.05, 3.63) is 28.7 Å². The Balaban J connectivity index is 2.49. The van der Waals surface area contributed by atoms with E-state index in [1.165, 1.54) is 0 Å². The molecular weight excluding hydrogens is 182 g/mol. The van der Waals surface area contributed by atoms with Crippen molar-refractivity contribution in [1.29, 1.82) is 0 Å². The molecule has 0 spiro atoms. The lowest BCUT2D eigenvalue weighted by Gasteiger charge is -2.00. The predicted molar refractivity (Wildman–Crippen MR) is 54.5 cm³/mol. The highest BCUT2D eigenvalue weighted by Gasteiger charge is 2.02. The van der Waals surface area contributed by atoms with Crippen molar-refractivity contribution in [2.45, 2.75) is 6.92 Å². The zero-order chi connectivity index (χ0) is 9.26. The average Bonchev–Trinajstić information content (AvgIpc) is 2.62. The van der Waals surface area contributed by atoms with Gasteiger partial charge < -0.3 is 5.73 Å². The van der Waals surface area contributed by atoms with E-state index in [1.807, 2.05) is 18.4 Å². The van der Waals surface area contributed by atoms with Crippen LogP contribution in [0, 0.1) is 6.92 Å². The highest BCUT2D eigenvalue weighted by molar-refractivity contribution is 7.07. The van der Waals surface area contributed by atoms with E-state index in [4.69, 9.17) is 5.73 Å². The van der Waals surface area contributed by atoms with Gasteiger partial charge in [0.05, 0.1) is 28.8 Å². The molecule has 2 aromatic rings. The second-order valence-corrected chi connectivity index (χ2v) is 3.52. The molecule has 0 unspecified atom stereocenters. The third-order valence-corrected chi connectivity index (χ3v) is 2.43. The maximum Gasteiger partial charge on any atom is 0.0995 e. The largest absolute Gasteiger partial charge is 0.397 e. The maximum absolute atomic E-state index is 5.66. The summed E-state index contributed by atoms with van der Waals surface area (Å²) in [7, 11) is 0. The molecule has 0 aliphatic carbocycles. The molecule has 0 fully saturated rings. The SMILES string of the molecule is Cc1cc(-c2cscn2)ncc1N. The van der Waals surface area contributed by atoms with Gasteiger partial charge in [0, 0.05) is 5.38 Å². The van der Waals surface area contributed by atoms with Gasteiger partial charge >= 0.3 is 0 Å². The minimum absolute atomic E-state index is 0.721. The van der Waals surface area contributed by atoms with Crippen LogP contribution in [0.2, 0.25) is 0 Å². The van der Waals surface area contributed by atoms with Crippen LogP contribution < -0.4 is 5.73 Å². The summed E-state index contributed by atoms with van der Waals surface area (Å²) < 4.78 is 0. The summed E-state index contributed by atoms with van der Waals surface area (Å²) in [6.45, 7) is 1.97. The van der Waals surface area contributed by atoms with Crippen LogP contribution >= 0.6 is 11.3 Å². The van der Waals surface area contributed by atoms with Gasteiger partial charge in [0.25, 0.3) is 0 Å². The van der Waals surface area contributed by atoms with Crippen molar-refractivity contribution in [2.24, 2.45) is 0 Å². The molecule has 13 heavy (non-hydrogen) atoms. The fraction of sp³-hybridized carbons (Fsp3) is 0.111. The summed E-state index contributed by atoms with van der Waals surface area (Å²) in [5, 5.41) is 1.97. The molecule has 0 saturated carbocycles. The fourth-order valence-corrected chi connectivity index (χ4v) is 1.59. The quantitative estimate of drug-likeness (QED) is 0.751. The Bertz CT molecular complexity index is 409. The Kier molecular flexibility index (Phi) is 1.98. The molecule has 0 bridgehead atoms. The van der Waals surface area contributed by atoms with Crippen LogP contribution in [0.25, 0.3) is 11.4 Å². The fourth-order valence-electron chi connectivity index (χ4n) is 1.05. The molecule has 2 aromatic heterocycles. The predicted octanol–water partition coefficient (Wildman–Crippen LogP) is 2.10. The number of nitrogens with zero attached hydrogens (tertiary/aromatic N) is 2. The highest BCUT2D eigenvalue weighted by Crippen LogP contribution is 2.19. The van der Waals surface area contributed by atoms with Crippen molar-refractivity contribution in [2.75, 3.05) is 5.73 Å². The van der Waals surface area contributed by atoms with E-state index < -0.39 is 0 Å². The van der Waals surface area contributed by atoms with Gasteiger partial charge in [-0.15, -0.1) is 11.3 Å². The molecule has 0 radical (unpaired) electrons. The number of aromatic nitrogens is 2. The van der Waals surface area contributed by atoms with Crippen LogP contribution in [0.5, 0.6) is 0 Å². The number of anilines is 1. The Labute approximate surface area is 80.3 Å². The summed E-state index contributed by atoms with van der Waals surface area (Å²) in [6.07, 6.45) is 1.67. The monoisotopic (exact) mass is 191 g/mol.